The average molecular weight is 383 g/mol. The van der Waals surface area contributed by atoms with Crippen LogP contribution in [0.1, 0.15) is 44.2 Å². The zero-order chi connectivity index (χ0) is 19.4. The van der Waals surface area contributed by atoms with Crippen LogP contribution in [0.15, 0.2) is 42.5 Å². The monoisotopic (exact) mass is 382 g/mol. The van der Waals surface area contributed by atoms with Crippen LogP contribution in [0.25, 0.3) is 10.2 Å². The lowest BCUT2D eigenvalue weighted by Gasteiger charge is -2.19. The number of nitrogens with zero attached hydrogens (tertiary/aromatic N) is 1. The standard InChI is InChI=1S/C22H26N2O2S/c1-15-23-19-12-9-17(14-20(19)27-15)24-21(25)6-5-13-26-18-10-7-16(8-11-18)22(2,3)4/h7-12,14H,5-6,13H2,1-4H3,(H,24,25). The first-order valence-electron chi connectivity index (χ1n) is 9.22. The number of rotatable bonds is 6. The summed E-state index contributed by atoms with van der Waals surface area (Å²) in [5.74, 6) is 0.844. The highest BCUT2D eigenvalue weighted by atomic mass is 32.1. The minimum absolute atomic E-state index is 0.00210. The topological polar surface area (TPSA) is 51.2 Å². The molecule has 1 heterocycles. The number of anilines is 1. The van der Waals surface area contributed by atoms with Gasteiger partial charge in [0.1, 0.15) is 5.75 Å². The molecule has 0 aliphatic rings. The number of benzene rings is 2. The van der Waals surface area contributed by atoms with Crippen LogP contribution in [-0.4, -0.2) is 17.5 Å². The lowest BCUT2D eigenvalue weighted by Crippen LogP contribution is -2.13. The number of aryl methyl sites for hydroxylation is 1. The van der Waals surface area contributed by atoms with Crippen molar-refractivity contribution in [1.82, 2.24) is 4.98 Å². The highest BCUT2D eigenvalue weighted by Crippen LogP contribution is 2.25. The average Bonchev–Trinajstić information content (AvgIpc) is 2.97. The maximum absolute atomic E-state index is 12.1. The first kappa shape index (κ1) is 19.4. The predicted molar refractivity (Wildman–Crippen MR) is 113 cm³/mol. The summed E-state index contributed by atoms with van der Waals surface area (Å²) >= 11 is 1.63. The van der Waals surface area contributed by atoms with E-state index in [9.17, 15) is 4.79 Å². The molecule has 0 radical (unpaired) electrons. The van der Waals surface area contributed by atoms with E-state index in [1.54, 1.807) is 11.3 Å². The largest absolute Gasteiger partial charge is 0.494 e. The van der Waals surface area contributed by atoms with Crippen molar-refractivity contribution in [2.75, 3.05) is 11.9 Å². The maximum Gasteiger partial charge on any atom is 0.224 e. The Hall–Kier alpha value is -2.40. The Morgan fingerprint density at radius 3 is 2.59 bits per heavy atom. The van der Waals surface area contributed by atoms with Gasteiger partial charge in [-0.25, -0.2) is 4.98 Å². The zero-order valence-corrected chi connectivity index (χ0v) is 17.2. The number of hydrogen-bond acceptors (Lipinski definition) is 4. The van der Waals surface area contributed by atoms with Gasteiger partial charge in [-0.2, -0.15) is 0 Å². The van der Waals surface area contributed by atoms with E-state index < -0.39 is 0 Å². The van der Waals surface area contributed by atoms with Crippen molar-refractivity contribution in [3.63, 3.8) is 0 Å². The van der Waals surface area contributed by atoms with Crippen molar-refractivity contribution in [3.8, 4) is 5.75 Å². The molecule has 2 aromatic carbocycles. The van der Waals surface area contributed by atoms with E-state index in [0.29, 0.717) is 19.4 Å². The molecule has 3 aromatic rings. The first-order chi connectivity index (χ1) is 12.8. The number of thiazole rings is 1. The zero-order valence-electron chi connectivity index (χ0n) is 16.3. The second-order valence-corrected chi connectivity index (χ2v) is 8.92. The lowest BCUT2D eigenvalue weighted by atomic mass is 9.87. The molecule has 27 heavy (non-hydrogen) atoms. The van der Waals surface area contributed by atoms with Gasteiger partial charge < -0.3 is 10.1 Å². The molecule has 0 atom stereocenters. The third-order valence-electron chi connectivity index (χ3n) is 4.32. The molecule has 1 aromatic heterocycles. The van der Waals surface area contributed by atoms with Crippen LogP contribution < -0.4 is 10.1 Å². The van der Waals surface area contributed by atoms with Gasteiger partial charge in [0, 0.05) is 12.1 Å². The molecular weight excluding hydrogens is 356 g/mol. The Labute approximate surface area is 164 Å². The van der Waals surface area contributed by atoms with Crippen molar-refractivity contribution in [1.29, 1.82) is 0 Å². The van der Waals surface area contributed by atoms with Crippen molar-refractivity contribution < 1.29 is 9.53 Å². The van der Waals surface area contributed by atoms with Crippen LogP contribution >= 0.6 is 11.3 Å². The second kappa shape index (κ2) is 8.09. The molecule has 0 aliphatic heterocycles. The number of carbonyl (C=O) groups is 1. The van der Waals surface area contributed by atoms with Gasteiger partial charge in [0.2, 0.25) is 5.91 Å². The van der Waals surface area contributed by atoms with Gasteiger partial charge >= 0.3 is 0 Å². The van der Waals surface area contributed by atoms with Crippen molar-refractivity contribution in [2.45, 2.75) is 46.0 Å². The van der Waals surface area contributed by atoms with Crippen molar-refractivity contribution in [2.24, 2.45) is 0 Å². The fraction of sp³-hybridized carbons (Fsp3) is 0.364. The van der Waals surface area contributed by atoms with Crippen LogP contribution in [-0.2, 0) is 10.2 Å². The van der Waals surface area contributed by atoms with Crippen LogP contribution in [0.2, 0.25) is 0 Å². The number of nitrogens with one attached hydrogen (secondary N) is 1. The molecule has 0 saturated carbocycles. The van der Waals surface area contributed by atoms with E-state index in [0.717, 1.165) is 26.7 Å². The van der Waals surface area contributed by atoms with Crippen LogP contribution in [0, 0.1) is 6.92 Å². The Bertz CT molecular complexity index is 924. The number of amides is 1. The highest BCUT2D eigenvalue weighted by molar-refractivity contribution is 7.18. The first-order valence-corrected chi connectivity index (χ1v) is 10.0. The molecule has 0 saturated heterocycles. The van der Waals surface area contributed by atoms with Crippen molar-refractivity contribution >= 4 is 33.1 Å². The summed E-state index contributed by atoms with van der Waals surface area (Å²) in [5.41, 5.74) is 3.20. The fourth-order valence-corrected chi connectivity index (χ4v) is 3.68. The van der Waals surface area contributed by atoms with E-state index in [1.165, 1.54) is 5.56 Å². The van der Waals surface area contributed by atoms with Gasteiger partial charge in [-0.1, -0.05) is 32.9 Å². The molecule has 5 heteroatoms. The minimum atomic E-state index is 0.00210. The van der Waals surface area contributed by atoms with Gasteiger partial charge in [0.15, 0.2) is 0 Å². The van der Waals surface area contributed by atoms with E-state index >= 15 is 0 Å². The van der Waals surface area contributed by atoms with E-state index in [1.807, 2.05) is 37.3 Å². The normalized spacial score (nSPS) is 11.6. The van der Waals surface area contributed by atoms with E-state index in [-0.39, 0.29) is 11.3 Å². The molecule has 0 spiro atoms. The van der Waals surface area contributed by atoms with Gasteiger partial charge in [0.25, 0.3) is 0 Å². The Balaban J connectivity index is 1.43. The summed E-state index contributed by atoms with van der Waals surface area (Å²) in [4.78, 5) is 16.6. The summed E-state index contributed by atoms with van der Waals surface area (Å²) in [6.45, 7) is 9.08. The smallest absolute Gasteiger partial charge is 0.224 e. The quantitative estimate of drug-likeness (QED) is 0.556. The Morgan fingerprint density at radius 2 is 1.89 bits per heavy atom. The summed E-state index contributed by atoms with van der Waals surface area (Å²) in [6, 6.07) is 14.0. The molecule has 0 unspecified atom stereocenters. The van der Waals surface area contributed by atoms with Gasteiger partial charge in [0.05, 0.1) is 21.8 Å². The van der Waals surface area contributed by atoms with Crippen molar-refractivity contribution in [3.05, 3.63) is 53.0 Å². The number of carbonyl (C=O) groups excluding carboxylic acids is 1. The Kier molecular flexibility index (Phi) is 5.80. The Morgan fingerprint density at radius 1 is 1.15 bits per heavy atom. The van der Waals surface area contributed by atoms with Crippen LogP contribution in [0.5, 0.6) is 5.75 Å². The molecule has 142 valence electrons. The third-order valence-corrected chi connectivity index (χ3v) is 5.25. The van der Waals surface area contributed by atoms with Gasteiger partial charge in [-0.05, 0) is 54.7 Å². The highest BCUT2D eigenvalue weighted by Gasteiger charge is 2.13. The van der Waals surface area contributed by atoms with Crippen LogP contribution in [0.4, 0.5) is 5.69 Å². The van der Waals surface area contributed by atoms with E-state index in [4.69, 9.17) is 4.74 Å². The third kappa shape index (κ3) is 5.30. The lowest BCUT2D eigenvalue weighted by molar-refractivity contribution is -0.116. The van der Waals surface area contributed by atoms with Gasteiger partial charge in [-0.3, -0.25) is 4.79 Å². The fourth-order valence-electron chi connectivity index (χ4n) is 2.81. The maximum atomic E-state index is 12.1. The van der Waals surface area contributed by atoms with Crippen LogP contribution in [0.3, 0.4) is 0 Å². The summed E-state index contributed by atoms with van der Waals surface area (Å²) < 4.78 is 6.84. The number of aromatic nitrogens is 1. The molecular formula is C22H26N2O2S. The molecule has 4 nitrogen and oxygen atoms in total. The predicted octanol–water partition coefficient (Wildman–Crippen LogP) is 5.70. The number of fused-ring (bicyclic) bond motifs is 1. The molecule has 3 rings (SSSR count). The second-order valence-electron chi connectivity index (χ2n) is 7.69. The SMILES string of the molecule is Cc1nc2ccc(NC(=O)CCCOc3ccc(C(C)(C)C)cc3)cc2s1. The molecule has 1 amide bonds. The summed E-state index contributed by atoms with van der Waals surface area (Å²) in [7, 11) is 0. The minimum Gasteiger partial charge on any atom is -0.494 e. The van der Waals surface area contributed by atoms with Gasteiger partial charge in [-0.15, -0.1) is 11.3 Å². The number of hydrogen-bond donors (Lipinski definition) is 1. The number of ether oxygens (including phenoxy) is 1. The molecule has 0 bridgehead atoms. The molecule has 1 N–H and O–H groups in total. The molecule has 0 aliphatic carbocycles. The molecule has 0 fully saturated rings. The summed E-state index contributed by atoms with van der Waals surface area (Å²) in [5, 5.41) is 3.98. The van der Waals surface area contributed by atoms with E-state index in [2.05, 4.69) is 43.2 Å². The summed E-state index contributed by atoms with van der Waals surface area (Å²) in [6.07, 6.45) is 1.11.